The maximum Gasteiger partial charge on any atom is 0.262 e. The first-order valence-electron chi connectivity index (χ1n) is 6.39. The molecule has 3 aromatic rings. The van der Waals surface area contributed by atoms with E-state index in [4.69, 9.17) is 18.0 Å². The van der Waals surface area contributed by atoms with Crippen molar-refractivity contribution >= 4 is 38.8 Å². The fourth-order valence-corrected chi connectivity index (χ4v) is 3.14. The van der Waals surface area contributed by atoms with Gasteiger partial charge in [-0.3, -0.25) is 9.36 Å². The zero-order valence-electron chi connectivity index (χ0n) is 11.4. The monoisotopic (exact) mass is 315 g/mol. The van der Waals surface area contributed by atoms with Crippen LogP contribution in [0.5, 0.6) is 0 Å². The normalized spacial score (nSPS) is 10.9. The molecular weight excluding hydrogens is 302 g/mol. The lowest BCUT2D eigenvalue weighted by molar-refractivity contribution is 0.749. The topological polar surface area (TPSA) is 60.9 Å². The summed E-state index contributed by atoms with van der Waals surface area (Å²) in [6.07, 6.45) is 1.60. The van der Waals surface area contributed by atoms with E-state index in [-0.39, 0.29) is 5.56 Å². The maximum absolute atomic E-state index is 12.4. The largest absolute Gasteiger partial charge is 0.389 e. The SMILES string of the molecule is Cc1cc2c(=O)n(Cc3ccc(C(N)=S)cc3)cnc2s1. The number of thiophene rings is 1. The highest BCUT2D eigenvalue weighted by molar-refractivity contribution is 7.80. The van der Waals surface area contributed by atoms with Crippen LogP contribution < -0.4 is 11.3 Å². The molecule has 0 aliphatic heterocycles. The molecular formula is C15H13N3OS2. The van der Waals surface area contributed by atoms with E-state index in [1.807, 2.05) is 37.3 Å². The van der Waals surface area contributed by atoms with E-state index >= 15 is 0 Å². The number of rotatable bonds is 3. The van der Waals surface area contributed by atoms with Gasteiger partial charge in [0, 0.05) is 10.4 Å². The first kappa shape index (κ1) is 13.9. The Hall–Kier alpha value is -2.05. The van der Waals surface area contributed by atoms with Gasteiger partial charge < -0.3 is 5.73 Å². The maximum atomic E-state index is 12.4. The van der Waals surface area contributed by atoms with Gasteiger partial charge in [-0.05, 0) is 18.6 Å². The smallest absolute Gasteiger partial charge is 0.262 e. The summed E-state index contributed by atoms with van der Waals surface area (Å²) in [7, 11) is 0. The fourth-order valence-electron chi connectivity index (χ4n) is 2.16. The highest BCUT2D eigenvalue weighted by Gasteiger charge is 2.07. The van der Waals surface area contributed by atoms with Crippen molar-refractivity contribution in [2.45, 2.75) is 13.5 Å². The van der Waals surface area contributed by atoms with Crippen molar-refractivity contribution in [3.63, 3.8) is 0 Å². The highest BCUT2D eigenvalue weighted by atomic mass is 32.1. The van der Waals surface area contributed by atoms with Crippen LogP contribution in [0.1, 0.15) is 16.0 Å². The highest BCUT2D eigenvalue weighted by Crippen LogP contribution is 2.19. The lowest BCUT2D eigenvalue weighted by Crippen LogP contribution is -2.20. The van der Waals surface area contributed by atoms with Crippen LogP contribution in [0.2, 0.25) is 0 Å². The van der Waals surface area contributed by atoms with Crippen molar-refractivity contribution in [2.24, 2.45) is 5.73 Å². The van der Waals surface area contributed by atoms with E-state index < -0.39 is 0 Å². The Labute approximate surface area is 130 Å². The first-order valence-corrected chi connectivity index (χ1v) is 7.61. The third-order valence-corrected chi connectivity index (χ3v) is 4.43. The third kappa shape index (κ3) is 2.72. The summed E-state index contributed by atoms with van der Waals surface area (Å²) in [5.74, 6) is 0. The van der Waals surface area contributed by atoms with Crippen molar-refractivity contribution in [2.75, 3.05) is 0 Å². The molecule has 3 rings (SSSR count). The van der Waals surface area contributed by atoms with Crippen LogP contribution in [0, 0.1) is 6.92 Å². The summed E-state index contributed by atoms with van der Waals surface area (Å²) < 4.78 is 1.62. The van der Waals surface area contributed by atoms with Crippen molar-refractivity contribution in [1.82, 2.24) is 9.55 Å². The van der Waals surface area contributed by atoms with Crippen LogP contribution >= 0.6 is 23.6 Å². The minimum absolute atomic E-state index is 0.0113. The van der Waals surface area contributed by atoms with E-state index in [0.717, 1.165) is 20.8 Å². The van der Waals surface area contributed by atoms with Gasteiger partial charge in [-0.2, -0.15) is 0 Å². The Balaban J connectivity index is 1.96. The molecule has 0 spiro atoms. The Kier molecular flexibility index (Phi) is 3.57. The molecule has 0 atom stereocenters. The summed E-state index contributed by atoms with van der Waals surface area (Å²) in [6.45, 7) is 2.46. The van der Waals surface area contributed by atoms with Crippen LogP contribution in [-0.4, -0.2) is 14.5 Å². The first-order chi connectivity index (χ1) is 10.0. The molecule has 4 nitrogen and oxygen atoms in total. The third-order valence-electron chi connectivity index (χ3n) is 3.23. The molecule has 0 aliphatic rings. The molecule has 0 saturated carbocycles. The van der Waals surface area contributed by atoms with Gasteiger partial charge in [0.15, 0.2) is 0 Å². The minimum atomic E-state index is -0.0113. The number of hydrogen-bond acceptors (Lipinski definition) is 4. The number of aromatic nitrogens is 2. The van der Waals surface area contributed by atoms with Gasteiger partial charge in [-0.15, -0.1) is 11.3 Å². The van der Waals surface area contributed by atoms with Crippen molar-refractivity contribution in [1.29, 1.82) is 0 Å². The standard InChI is InChI=1S/C15H13N3OS2/c1-9-6-12-14(21-9)17-8-18(15(12)19)7-10-2-4-11(5-3-10)13(16)20/h2-6,8H,7H2,1H3,(H2,16,20). The zero-order chi connectivity index (χ0) is 15.0. The number of benzene rings is 1. The molecule has 2 heterocycles. The van der Waals surface area contributed by atoms with Crippen molar-refractivity contribution in [3.8, 4) is 0 Å². The predicted octanol–water partition coefficient (Wildman–Crippen LogP) is 2.45. The second kappa shape index (κ2) is 5.38. The lowest BCUT2D eigenvalue weighted by Gasteiger charge is -2.06. The predicted molar refractivity (Wildman–Crippen MR) is 90.0 cm³/mol. The van der Waals surface area contributed by atoms with E-state index in [0.29, 0.717) is 16.9 Å². The summed E-state index contributed by atoms with van der Waals surface area (Å²) in [4.78, 5) is 19.0. The molecule has 0 fully saturated rings. The van der Waals surface area contributed by atoms with E-state index in [2.05, 4.69) is 4.98 Å². The Morgan fingerprint density at radius 2 is 2.10 bits per heavy atom. The van der Waals surface area contributed by atoms with Gasteiger partial charge in [0.2, 0.25) is 0 Å². The molecule has 1 aromatic carbocycles. The van der Waals surface area contributed by atoms with Gasteiger partial charge in [0.05, 0.1) is 18.3 Å². The number of fused-ring (bicyclic) bond motifs is 1. The summed E-state index contributed by atoms with van der Waals surface area (Å²) in [5.41, 5.74) is 7.39. The zero-order valence-corrected chi connectivity index (χ0v) is 13.0. The van der Waals surface area contributed by atoms with Crippen LogP contribution in [0.4, 0.5) is 0 Å². The van der Waals surface area contributed by atoms with E-state index in [1.165, 1.54) is 11.3 Å². The number of nitrogens with zero attached hydrogens (tertiary/aromatic N) is 2. The van der Waals surface area contributed by atoms with Gasteiger partial charge >= 0.3 is 0 Å². The van der Waals surface area contributed by atoms with E-state index in [1.54, 1.807) is 10.9 Å². The number of thiocarbonyl (C=S) groups is 1. The molecule has 106 valence electrons. The van der Waals surface area contributed by atoms with Crippen LogP contribution in [-0.2, 0) is 6.54 Å². The summed E-state index contributed by atoms with van der Waals surface area (Å²) in [6, 6.07) is 9.46. The number of hydrogen-bond donors (Lipinski definition) is 1. The van der Waals surface area contributed by atoms with Crippen molar-refractivity contribution < 1.29 is 0 Å². The Bertz CT molecular complexity index is 878. The lowest BCUT2D eigenvalue weighted by atomic mass is 10.1. The van der Waals surface area contributed by atoms with Crippen LogP contribution in [0.25, 0.3) is 10.2 Å². The number of aryl methyl sites for hydroxylation is 1. The van der Waals surface area contributed by atoms with Gasteiger partial charge in [-0.25, -0.2) is 4.98 Å². The number of nitrogens with two attached hydrogens (primary N) is 1. The quantitative estimate of drug-likeness (QED) is 0.754. The average molecular weight is 315 g/mol. The molecule has 0 unspecified atom stereocenters. The second-order valence-corrected chi connectivity index (χ2v) is 6.49. The van der Waals surface area contributed by atoms with Crippen LogP contribution in [0.3, 0.4) is 0 Å². The van der Waals surface area contributed by atoms with Crippen LogP contribution in [0.15, 0.2) is 41.5 Å². The van der Waals surface area contributed by atoms with Crippen molar-refractivity contribution in [3.05, 3.63) is 63.0 Å². The van der Waals surface area contributed by atoms with E-state index in [9.17, 15) is 4.79 Å². The summed E-state index contributed by atoms with van der Waals surface area (Å²) >= 11 is 6.46. The Morgan fingerprint density at radius 1 is 1.38 bits per heavy atom. The average Bonchev–Trinajstić information content (AvgIpc) is 2.84. The Morgan fingerprint density at radius 3 is 2.76 bits per heavy atom. The molecule has 0 radical (unpaired) electrons. The van der Waals surface area contributed by atoms with Gasteiger partial charge in [0.25, 0.3) is 5.56 Å². The molecule has 2 aromatic heterocycles. The summed E-state index contributed by atoms with van der Waals surface area (Å²) in [5, 5.41) is 0.680. The fraction of sp³-hybridized carbons (Fsp3) is 0.133. The molecule has 0 saturated heterocycles. The molecule has 6 heteroatoms. The molecule has 0 amide bonds. The molecule has 2 N–H and O–H groups in total. The minimum Gasteiger partial charge on any atom is -0.389 e. The molecule has 0 bridgehead atoms. The van der Waals surface area contributed by atoms with Gasteiger partial charge in [-0.1, -0.05) is 36.5 Å². The molecule has 0 aliphatic carbocycles. The second-order valence-electron chi connectivity index (χ2n) is 4.81. The molecule has 21 heavy (non-hydrogen) atoms. The van der Waals surface area contributed by atoms with Gasteiger partial charge in [0.1, 0.15) is 9.82 Å².